The second-order valence-corrected chi connectivity index (χ2v) is 4.74. The van der Waals surface area contributed by atoms with Crippen molar-refractivity contribution >= 4 is 0 Å². The van der Waals surface area contributed by atoms with Crippen molar-refractivity contribution in [2.24, 2.45) is 5.73 Å². The van der Waals surface area contributed by atoms with Crippen LogP contribution in [0.4, 0.5) is 0 Å². The largest absolute Gasteiger partial charge is 0.323 e. The van der Waals surface area contributed by atoms with Crippen LogP contribution in [0.1, 0.15) is 25.3 Å². The number of nitrogens with zero attached hydrogens (tertiary/aromatic N) is 1. The molecule has 1 aromatic carbocycles. The van der Waals surface area contributed by atoms with Gasteiger partial charge in [0.25, 0.3) is 0 Å². The van der Waals surface area contributed by atoms with Crippen molar-refractivity contribution in [2.45, 2.75) is 31.8 Å². The van der Waals surface area contributed by atoms with Crippen molar-refractivity contribution in [3.63, 3.8) is 0 Å². The summed E-state index contributed by atoms with van der Waals surface area (Å²) in [5.74, 6) is 0. The fourth-order valence-electron chi connectivity index (χ4n) is 2.45. The van der Waals surface area contributed by atoms with Crippen molar-refractivity contribution in [3.8, 4) is 0 Å². The van der Waals surface area contributed by atoms with Gasteiger partial charge >= 0.3 is 0 Å². The lowest BCUT2D eigenvalue weighted by molar-refractivity contribution is 0.0567. The summed E-state index contributed by atoms with van der Waals surface area (Å²) in [5.41, 5.74) is 7.70. The minimum Gasteiger partial charge on any atom is -0.323 e. The van der Waals surface area contributed by atoms with Crippen LogP contribution in [0.5, 0.6) is 0 Å². The van der Waals surface area contributed by atoms with Crippen LogP contribution >= 0.6 is 0 Å². The summed E-state index contributed by atoms with van der Waals surface area (Å²) in [6.45, 7) is 5.35. The Morgan fingerprint density at radius 2 is 1.93 bits per heavy atom. The minimum absolute atomic E-state index is 0.101. The van der Waals surface area contributed by atoms with Crippen LogP contribution in [-0.2, 0) is 6.54 Å². The number of hydrogen-bond acceptors (Lipinski definition) is 2. The second-order valence-electron chi connectivity index (χ2n) is 4.74. The van der Waals surface area contributed by atoms with Crippen molar-refractivity contribution in [1.82, 2.24) is 4.90 Å². The Labute approximate surface area is 92.1 Å². The van der Waals surface area contributed by atoms with E-state index in [1.165, 1.54) is 12.0 Å². The molecule has 0 aliphatic carbocycles. The van der Waals surface area contributed by atoms with E-state index < -0.39 is 0 Å². The van der Waals surface area contributed by atoms with Crippen LogP contribution in [0, 0.1) is 0 Å². The molecule has 1 aliphatic heterocycles. The highest BCUT2D eigenvalue weighted by Crippen LogP contribution is 2.24. The molecule has 1 fully saturated rings. The third kappa shape index (κ3) is 2.58. The average Bonchev–Trinajstić information content (AvgIpc) is 2.17. The maximum absolute atomic E-state index is 6.22. The Kier molecular flexibility index (Phi) is 3.08. The molecule has 2 rings (SSSR count). The molecule has 0 spiro atoms. The van der Waals surface area contributed by atoms with Gasteiger partial charge in [0.15, 0.2) is 0 Å². The van der Waals surface area contributed by atoms with Gasteiger partial charge in [0.1, 0.15) is 0 Å². The van der Waals surface area contributed by atoms with Crippen LogP contribution in [0.15, 0.2) is 30.3 Å². The Morgan fingerprint density at radius 3 is 2.53 bits per heavy atom. The highest BCUT2D eigenvalue weighted by atomic mass is 15.2. The summed E-state index contributed by atoms with van der Waals surface area (Å²) in [6, 6.07) is 10.6. The van der Waals surface area contributed by atoms with Gasteiger partial charge in [-0.05, 0) is 12.0 Å². The minimum atomic E-state index is 0.101. The van der Waals surface area contributed by atoms with Gasteiger partial charge in [-0.15, -0.1) is 0 Å². The predicted molar refractivity (Wildman–Crippen MR) is 63.5 cm³/mol. The molecule has 2 heteroatoms. The molecule has 1 aromatic rings. The first-order valence-electron chi connectivity index (χ1n) is 5.77. The monoisotopic (exact) mass is 204 g/mol. The molecule has 0 amide bonds. The first-order chi connectivity index (χ1) is 7.22. The van der Waals surface area contributed by atoms with E-state index in [1.807, 2.05) is 0 Å². The molecule has 0 unspecified atom stereocenters. The third-order valence-corrected chi connectivity index (χ3v) is 3.07. The smallest absolute Gasteiger partial charge is 0.0412 e. The molecule has 2 N–H and O–H groups in total. The Morgan fingerprint density at radius 1 is 1.27 bits per heavy atom. The van der Waals surface area contributed by atoms with Crippen LogP contribution in [0.2, 0.25) is 0 Å². The summed E-state index contributed by atoms with van der Waals surface area (Å²) in [5, 5.41) is 0. The fourth-order valence-corrected chi connectivity index (χ4v) is 2.45. The zero-order valence-electron chi connectivity index (χ0n) is 9.45. The second kappa shape index (κ2) is 4.33. The standard InChI is InChI=1S/C13H20N2/c1-2-8-13(14)10-15(11-13)9-12-6-4-3-5-7-12/h3-7H,2,8-11,14H2,1H3. The summed E-state index contributed by atoms with van der Waals surface area (Å²) >= 11 is 0. The highest BCUT2D eigenvalue weighted by molar-refractivity contribution is 5.15. The van der Waals surface area contributed by atoms with Gasteiger partial charge in [-0.25, -0.2) is 0 Å². The Bertz CT molecular complexity index is 302. The fraction of sp³-hybridized carbons (Fsp3) is 0.538. The first-order valence-corrected chi connectivity index (χ1v) is 5.77. The molecule has 0 radical (unpaired) electrons. The normalized spacial score (nSPS) is 19.9. The molecule has 15 heavy (non-hydrogen) atoms. The summed E-state index contributed by atoms with van der Waals surface area (Å²) < 4.78 is 0. The van der Waals surface area contributed by atoms with Gasteiger partial charge in [0.05, 0.1) is 0 Å². The van der Waals surface area contributed by atoms with Gasteiger partial charge in [-0.1, -0.05) is 43.7 Å². The maximum Gasteiger partial charge on any atom is 0.0412 e. The number of rotatable bonds is 4. The lowest BCUT2D eigenvalue weighted by Gasteiger charge is -2.48. The first kappa shape index (κ1) is 10.7. The van der Waals surface area contributed by atoms with Crippen molar-refractivity contribution in [3.05, 3.63) is 35.9 Å². The zero-order valence-corrected chi connectivity index (χ0v) is 9.45. The van der Waals surface area contributed by atoms with E-state index >= 15 is 0 Å². The van der Waals surface area contributed by atoms with Gasteiger partial charge in [0.2, 0.25) is 0 Å². The number of nitrogens with two attached hydrogens (primary N) is 1. The molecule has 1 aliphatic rings. The molecule has 0 aromatic heterocycles. The van der Waals surface area contributed by atoms with Gasteiger partial charge < -0.3 is 5.73 Å². The molecule has 82 valence electrons. The van der Waals surface area contributed by atoms with Crippen molar-refractivity contribution < 1.29 is 0 Å². The molecule has 1 saturated heterocycles. The highest BCUT2D eigenvalue weighted by Gasteiger charge is 2.37. The molecule has 2 nitrogen and oxygen atoms in total. The number of benzene rings is 1. The van der Waals surface area contributed by atoms with Crippen molar-refractivity contribution in [1.29, 1.82) is 0 Å². The van der Waals surface area contributed by atoms with E-state index in [0.29, 0.717) is 0 Å². The van der Waals surface area contributed by atoms with Crippen LogP contribution in [-0.4, -0.2) is 23.5 Å². The van der Waals surface area contributed by atoms with E-state index in [-0.39, 0.29) is 5.54 Å². The summed E-state index contributed by atoms with van der Waals surface area (Å²) in [7, 11) is 0. The molecule has 0 bridgehead atoms. The number of hydrogen-bond donors (Lipinski definition) is 1. The van der Waals surface area contributed by atoms with Crippen LogP contribution in [0.3, 0.4) is 0 Å². The van der Waals surface area contributed by atoms with Crippen LogP contribution in [0.25, 0.3) is 0 Å². The summed E-state index contributed by atoms with van der Waals surface area (Å²) in [4.78, 5) is 2.42. The van der Waals surface area contributed by atoms with E-state index in [2.05, 4.69) is 42.2 Å². The Hall–Kier alpha value is -0.860. The van der Waals surface area contributed by atoms with E-state index in [9.17, 15) is 0 Å². The van der Waals surface area contributed by atoms with Crippen LogP contribution < -0.4 is 5.73 Å². The zero-order chi connectivity index (χ0) is 10.7. The number of likely N-dealkylation sites (tertiary alicyclic amines) is 1. The lowest BCUT2D eigenvalue weighted by atomic mass is 9.86. The van der Waals surface area contributed by atoms with E-state index in [1.54, 1.807) is 0 Å². The molecule has 0 atom stereocenters. The Balaban J connectivity index is 1.81. The van der Waals surface area contributed by atoms with Crippen molar-refractivity contribution in [2.75, 3.05) is 13.1 Å². The topological polar surface area (TPSA) is 29.3 Å². The van der Waals surface area contributed by atoms with E-state index in [0.717, 1.165) is 26.1 Å². The van der Waals surface area contributed by atoms with E-state index in [4.69, 9.17) is 5.73 Å². The summed E-state index contributed by atoms with van der Waals surface area (Å²) in [6.07, 6.45) is 2.34. The van der Waals surface area contributed by atoms with Gasteiger partial charge in [0, 0.05) is 25.2 Å². The van der Waals surface area contributed by atoms with Gasteiger partial charge in [-0.3, -0.25) is 4.90 Å². The average molecular weight is 204 g/mol. The maximum atomic E-state index is 6.22. The quantitative estimate of drug-likeness (QED) is 0.813. The predicted octanol–water partition coefficient (Wildman–Crippen LogP) is 2.00. The molecule has 1 heterocycles. The van der Waals surface area contributed by atoms with Gasteiger partial charge in [-0.2, -0.15) is 0 Å². The third-order valence-electron chi connectivity index (χ3n) is 3.07. The molecular formula is C13H20N2. The molecular weight excluding hydrogens is 184 g/mol. The lowest BCUT2D eigenvalue weighted by Crippen LogP contribution is -2.66. The molecule has 0 saturated carbocycles. The SMILES string of the molecule is CCCC1(N)CN(Cc2ccccc2)C1.